The number of cyclic esters (lactones) is 2. The van der Waals surface area contributed by atoms with Gasteiger partial charge in [-0.2, -0.15) is 0 Å². The third-order valence-electron chi connectivity index (χ3n) is 5.24. The molecule has 4 nitrogen and oxygen atoms in total. The Kier molecular flexibility index (Phi) is 7.86. The van der Waals surface area contributed by atoms with E-state index in [2.05, 4.69) is 78.0 Å². The summed E-state index contributed by atoms with van der Waals surface area (Å²) in [7, 11) is -1.95. The van der Waals surface area contributed by atoms with Crippen molar-refractivity contribution >= 4 is 37.1 Å². The average molecular weight is 456 g/mol. The molecule has 0 spiro atoms. The molecule has 136 valence electrons. The third-order valence-corrected chi connectivity index (χ3v) is 12.0. The molecule has 1 aliphatic heterocycles. The highest BCUT2D eigenvalue weighted by Gasteiger charge is 2.47. The van der Waals surface area contributed by atoms with Gasteiger partial charge in [0.2, 0.25) is 8.32 Å². The molecule has 0 aromatic carbocycles. The van der Waals surface area contributed by atoms with Crippen LogP contribution < -0.4 is 0 Å². The zero-order chi connectivity index (χ0) is 17.9. The van der Waals surface area contributed by atoms with Crippen LogP contribution in [0.15, 0.2) is 0 Å². The van der Waals surface area contributed by atoms with E-state index >= 15 is 0 Å². The van der Waals surface area contributed by atoms with E-state index in [-0.39, 0.29) is 22.1 Å². The standard InChI is InChI=1S/C17H33IO4Si/c1-10(2)23(11(3)4,12(5)6)20-9-15-13(7)16(14(8)18)22-17(19)21-15/h10-16H,9H2,1-8H3/t13-,14-,15-,16-/m1/s1. The first-order chi connectivity index (χ1) is 10.5. The highest BCUT2D eigenvalue weighted by molar-refractivity contribution is 14.1. The summed E-state index contributed by atoms with van der Waals surface area (Å²) in [6, 6.07) is 0. The summed E-state index contributed by atoms with van der Waals surface area (Å²) in [5.41, 5.74) is 1.56. The van der Waals surface area contributed by atoms with Crippen molar-refractivity contribution in [1.82, 2.24) is 0 Å². The third kappa shape index (κ3) is 4.63. The number of carbonyl (C=O) groups excluding carboxylic acids is 1. The van der Waals surface area contributed by atoms with Crippen LogP contribution in [0.4, 0.5) is 4.79 Å². The van der Waals surface area contributed by atoms with Crippen LogP contribution in [-0.4, -0.2) is 37.2 Å². The second-order valence-corrected chi connectivity index (χ2v) is 15.1. The molecule has 6 heteroatoms. The number of ether oxygens (including phenoxy) is 2. The maximum Gasteiger partial charge on any atom is 0.508 e. The van der Waals surface area contributed by atoms with E-state index in [9.17, 15) is 4.79 Å². The molecule has 0 aliphatic carbocycles. The fourth-order valence-corrected chi connectivity index (χ4v) is 10.4. The molecular formula is C17H33IO4Si. The zero-order valence-corrected chi connectivity index (χ0v) is 18.9. The van der Waals surface area contributed by atoms with Crippen molar-refractivity contribution in [3.63, 3.8) is 0 Å². The Morgan fingerprint density at radius 2 is 1.52 bits per heavy atom. The van der Waals surface area contributed by atoms with Crippen LogP contribution in [0.1, 0.15) is 55.4 Å². The van der Waals surface area contributed by atoms with Crippen LogP contribution in [0, 0.1) is 5.92 Å². The van der Waals surface area contributed by atoms with Gasteiger partial charge in [0.25, 0.3) is 0 Å². The van der Waals surface area contributed by atoms with E-state index in [1.54, 1.807) is 0 Å². The molecular weight excluding hydrogens is 423 g/mol. The van der Waals surface area contributed by atoms with E-state index < -0.39 is 14.5 Å². The predicted molar refractivity (Wildman–Crippen MR) is 105 cm³/mol. The van der Waals surface area contributed by atoms with Crippen LogP contribution in [-0.2, 0) is 13.9 Å². The molecule has 0 aromatic heterocycles. The van der Waals surface area contributed by atoms with Gasteiger partial charge in [0, 0.05) is 9.84 Å². The summed E-state index contributed by atoms with van der Waals surface area (Å²) >= 11 is 2.31. The largest absolute Gasteiger partial charge is 0.508 e. The molecule has 0 unspecified atom stereocenters. The van der Waals surface area contributed by atoms with Crippen LogP contribution in [0.3, 0.4) is 0 Å². The minimum absolute atomic E-state index is 0.112. The minimum atomic E-state index is -1.95. The molecule has 1 aliphatic rings. The lowest BCUT2D eigenvalue weighted by Crippen LogP contribution is -2.53. The van der Waals surface area contributed by atoms with Gasteiger partial charge < -0.3 is 13.9 Å². The number of rotatable bonds is 7. The lowest BCUT2D eigenvalue weighted by molar-refractivity contribution is -0.104. The second-order valence-electron chi connectivity index (χ2n) is 7.65. The van der Waals surface area contributed by atoms with Gasteiger partial charge in [0.15, 0.2) is 0 Å². The summed E-state index contributed by atoms with van der Waals surface area (Å²) < 4.78 is 17.7. The molecule has 0 bridgehead atoms. The topological polar surface area (TPSA) is 44.8 Å². The lowest BCUT2D eigenvalue weighted by atomic mass is 9.95. The Labute approximate surface area is 156 Å². The Balaban J connectivity index is 2.90. The molecule has 1 heterocycles. The molecule has 0 radical (unpaired) electrons. The van der Waals surface area contributed by atoms with Gasteiger partial charge >= 0.3 is 6.16 Å². The van der Waals surface area contributed by atoms with Crippen LogP contribution in [0.2, 0.25) is 16.6 Å². The summed E-state index contributed by atoms with van der Waals surface area (Å²) in [4.78, 5) is 11.8. The molecule has 0 amide bonds. The zero-order valence-electron chi connectivity index (χ0n) is 15.8. The summed E-state index contributed by atoms with van der Waals surface area (Å²) in [6.45, 7) is 18.2. The second kappa shape index (κ2) is 8.51. The van der Waals surface area contributed by atoms with Crippen molar-refractivity contribution in [2.24, 2.45) is 5.92 Å². The average Bonchev–Trinajstić information content (AvgIpc) is 2.41. The van der Waals surface area contributed by atoms with Crippen LogP contribution in [0.25, 0.3) is 0 Å². The smallest absolute Gasteiger partial charge is 0.429 e. The Hall–Kier alpha value is 0.177. The SMILES string of the molecule is CC(C)[Si](OC[C@H]1OC(=O)O[C@@H]([C@@H](C)I)[C@@H]1C)(C(C)C)C(C)C. The first-order valence-corrected chi connectivity index (χ1v) is 12.1. The van der Waals surface area contributed by atoms with Crippen molar-refractivity contribution in [2.75, 3.05) is 6.61 Å². The molecule has 23 heavy (non-hydrogen) atoms. The van der Waals surface area contributed by atoms with Gasteiger partial charge in [-0.05, 0) is 23.5 Å². The fraction of sp³-hybridized carbons (Fsp3) is 0.941. The van der Waals surface area contributed by atoms with E-state index in [0.29, 0.717) is 23.2 Å². The van der Waals surface area contributed by atoms with E-state index in [1.807, 2.05) is 0 Å². The van der Waals surface area contributed by atoms with Gasteiger partial charge in [-0.1, -0.05) is 71.1 Å². The van der Waals surface area contributed by atoms with Crippen molar-refractivity contribution in [1.29, 1.82) is 0 Å². The van der Waals surface area contributed by atoms with Crippen LogP contribution in [0.5, 0.6) is 0 Å². The normalized spacial score (nSPS) is 27.3. The maximum absolute atomic E-state index is 11.8. The van der Waals surface area contributed by atoms with Gasteiger partial charge in [-0.15, -0.1) is 0 Å². The van der Waals surface area contributed by atoms with Crippen molar-refractivity contribution in [3.05, 3.63) is 0 Å². The van der Waals surface area contributed by atoms with Crippen molar-refractivity contribution in [3.8, 4) is 0 Å². The number of hydrogen-bond donors (Lipinski definition) is 0. The van der Waals surface area contributed by atoms with Crippen LogP contribution >= 0.6 is 22.6 Å². The Bertz CT molecular complexity index is 376. The first kappa shape index (κ1) is 21.2. The summed E-state index contributed by atoms with van der Waals surface area (Å²) in [5, 5.41) is 0. The minimum Gasteiger partial charge on any atom is -0.429 e. The van der Waals surface area contributed by atoms with Gasteiger partial charge in [-0.3, -0.25) is 0 Å². The quantitative estimate of drug-likeness (QED) is 0.218. The van der Waals surface area contributed by atoms with E-state index in [0.717, 1.165) is 0 Å². The molecule has 1 fully saturated rings. The fourth-order valence-electron chi connectivity index (χ4n) is 4.11. The molecule has 0 saturated carbocycles. The van der Waals surface area contributed by atoms with Gasteiger partial charge in [-0.25, -0.2) is 4.79 Å². The monoisotopic (exact) mass is 456 g/mol. The predicted octanol–water partition coefficient (Wildman–Crippen LogP) is 5.54. The Morgan fingerprint density at radius 3 is 1.91 bits per heavy atom. The Morgan fingerprint density at radius 1 is 1.04 bits per heavy atom. The van der Waals surface area contributed by atoms with E-state index in [1.165, 1.54) is 0 Å². The lowest BCUT2D eigenvalue weighted by Gasteiger charge is -2.44. The van der Waals surface area contributed by atoms with Gasteiger partial charge in [0.05, 0.1) is 6.61 Å². The van der Waals surface area contributed by atoms with E-state index in [4.69, 9.17) is 13.9 Å². The maximum atomic E-state index is 11.8. The highest BCUT2D eigenvalue weighted by Crippen LogP contribution is 2.42. The number of halogens is 1. The molecule has 4 atom stereocenters. The molecule has 0 N–H and O–H groups in total. The van der Waals surface area contributed by atoms with Gasteiger partial charge in [0.1, 0.15) is 12.2 Å². The summed E-state index contributed by atoms with van der Waals surface area (Å²) in [6.07, 6.45) is -0.892. The number of hydrogen-bond acceptors (Lipinski definition) is 4. The first-order valence-electron chi connectivity index (χ1n) is 8.69. The van der Waals surface area contributed by atoms with Crippen molar-refractivity contribution in [2.45, 2.75) is 88.1 Å². The van der Waals surface area contributed by atoms with Crippen molar-refractivity contribution < 1.29 is 18.7 Å². The number of carbonyl (C=O) groups is 1. The molecule has 1 rings (SSSR count). The molecule has 0 aromatic rings. The molecule has 1 saturated heterocycles. The summed E-state index contributed by atoms with van der Waals surface area (Å²) in [5.74, 6) is 0.137. The highest BCUT2D eigenvalue weighted by atomic mass is 127. The number of alkyl halides is 1.